The first-order valence-corrected chi connectivity index (χ1v) is 14.8. The maximum Gasteiger partial charge on any atom is 0.164 e. The van der Waals surface area contributed by atoms with Crippen molar-refractivity contribution in [2.75, 3.05) is 0 Å². The van der Waals surface area contributed by atoms with Crippen molar-refractivity contribution in [3.05, 3.63) is 164 Å². The molecule has 0 aliphatic carbocycles. The van der Waals surface area contributed by atoms with Gasteiger partial charge in [0.1, 0.15) is 11.2 Å². The SMILES string of the molecule is [2H]c1c([2H])c([2H])c(-c2c([2H])c([2H])c3c([2H])c(-c4nc(-c5ccccc5)nc(-c5cc(-c6ccccc6)cc6oc7ccccc7c56)n4)c([2H])c([2H])c3c2[2H])c([2H])c1[2H]. The van der Waals surface area contributed by atoms with E-state index in [-0.39, 0.29) is 33.8 Å². The van der Waals surface area contributed by atoms with Gasteiger partial charge in [-0.15, -0.1) is 0 Å². The minimum atomic E-state index is -0.694. The quantitative estimate of drug-likeness (QED) is 0.194. The Morgan fingerprint density at radius 1 is 0.447 bits per heavy atom. The molecule has 9 rings (SSSR count). The summed E-state index contributed by atoms with van der Waals surface area (Å²) in [7, 11) is 0. The van der Waals surface area contributed by atoms with Crippen LogP contribution in [-0.4, -0.2) is 15.0 Å². The first kappa shape index (κ1) is 17.9. The Labute approximate surface area is 287 Å². The average molecular weight is 613 g/mol. The molecule has 7 aromatic carbocycles. The minimum Gasteiger partial charge on any atom is -0.456 e. The van der Waals surface area contributed by atoms with E-state index in [0.717, 1.165) is 21.9 Å². The molecule has 47 heavy (non-hydrogen) atoms. The highest BCUT2D eigenvalue weighted by molar-refractivity contribution is 6.13. The molecule has 2 heterocycles. The van der Waals surface area contributed by atoms with E-state index in [4.69, 9.17) is 30.3 Å². The molecule has 4 nitrogen and oxygen atoms in total. The zero-order chi connectivity index (χ0) is 40.7. The number of para-hydroxylation sites is 1. The summed E-state index contributed by atoms with van der Waals surface area (Å²) in [5.74, 6) is 0.211. The monoisotopic (exact) mass is 612 g/mol. The Kier molecular flexibility index (Phi) is 4.27. The molecule has 0 aliphatic heterocycles. The van der Waals surface area contributed by atoms with Crippen LogP contribution in [-0.2, 0) is 0 Å². The van der Waals surface area contributed by atoms with Gasteiger partial charge in [-0.2, -0.15) is 0 Å². The van der Waals surface area contributed by atoms with Crippen LogP contribution in [0.5, 0.6) is 0 Å². The van der Waals surface area contributed by atoms with Crippen molar-refractivity contribution in [3.8, 4) is 56.4 Å². The summed E-state index contributed by atoms with van der Waals surface area (Å²) >= 11 is 0. The molecular formula is C43H27N3O. The minimum absolute atomic E-state index is 0.160. The predicted octanol–water partition coefficient (Wildman–Crippen LogP) is 11.3. The summed E-state index contributed by atoms with van der Waals surface area (Å²) < 4.78 is 103. The second kappa shape index (κ2) is 11.2. The van der Waals surface area contributed by atoms with Crippen molar-refractivity contribution in [1.29, 1.82) is 0 Å². The van der Waals surface area contributed by atoms with Crippen LogP contribution in [0.25, 0.3) is 89.1 Å². The zero-order valence-electron chi connectivity index (χ0n) is 35.5. The van der Waals surface area contributed by atoms with Gasteiger partial charge in [0.05, 0.1) is 15.1 Å². The van der Waals surface area contributed by atoms with Crippen LogP contribution >= 0.6 is 0 Å². The second-order valence-electron chi connectivity index (χ2n) is 10.8. The van der Waals surface area contributed by atoms with Crippen LogP contribution < -0.4 is 0 Å². The maximum atomic E-state index is 9.45. The van der Waals surface area contributed by atoms with Crippen molar-refractivity contribution in [2.24, 2.45) is 0 Å². The topological polar surface area (TPSA) is 51.8 Å². The number of hydrogen-bond acceptors (Lipinski definition) is 4. The van der Waals surface area contributed by atoms with E-state index in [2.05, 4.69) is 0 Å². The fourth-order valence-electron chi connectivity index (χ4n) is 5.64. The van der Waals surface area contributed by atoms with E-state index in [9.17, 15) is 4.11 Å². The van der Waals surface area contributed by atoms with Crippen molar-refractivity contribution in [3.63, 3.8) is 0 Å². The van der Waals surface area contributed by atoms with Gasteiger partial charge in [-0.3, -0.25) is 0 Å². The smallest absolute Gasteiger partial charge is 0.164 e. The summed E-state index contributed by atoms with van der Waals surface area (Å²) in [6.07, 6.45) is 0. The maximum absolute atomic E-state index is 9.45. The van der Waals surface area contributed by atoms with Crippen LogP contribution in [0.1, 0.15) is 15.1 Å². The molecule has 0 atom stereocenters. The van der Waals surface area contributed by atoms with Crippen LogP contribution in [0.15, 0.2) is 168 Å². The number of hydrogen-bond donors (Lipinski definition) is 0. The highest BCUT2D eigenvalue weighted by atomic mass is 16.3. The summed E-state index contributed by atoms with van der Waals surface area (Å²) in [5, 5.41) is 0.840. The zero-order valence-corrected chi connectivity index (χ0v) is 24.5. The molecule has 0 saturated heterocycles. The van der Waals surface area contributed by atoms with E-state index in [1.165, 1.54) is 0 Å². The predicted molar refractivity (Wildman–Crippen MR) is 192 cm³/mol. The van der Waals surface area contributed by atoms with Gasteiger partial charge in [0.25, 0.3) is 0 Å². The number of fused-ring (bicyclic) bond motifs is 4. The van der Waals surface area contributed by atoms with Gasteiger partial charge in [0.15, 0.2) is 17.5 Å². The number of rotatable bonds is 5. The van der Waals surface area contributed by atoms with Crippen LogP contribution in [0.4, 0.5) is 0 Å². The first-order chi connectivity index (χ1) is 27.9. The van der Waals surface area contributed by atoms with E-state index in [0.29, 0.717) is 22.3 Å². The van der Waals surface area contributed by atoms with E-state index >= 15 is 0 Å². The molecule has 0 amide bonds. The van der Waals surface area contributed by atoms with Crippen LogP contribution in [0.2, 0.25) is 0 Å². The highest BCUT2D eigenvalue weighted by Crippen LogP contribution is 2.40. The molecule has 0 radical (unpaired) electrons. The summed E-state index contributed by atoms with van der Waals surface area (Å²) in [5.41, 5.74) is 2.89. The van der Waals surface area contributed by atoms with E-state index < -0.39 is 77.6 Å². The third-order valence-corrected chi connectivity index (χ3v) is 7.84. The van der Waals surface area contributed by atoms with Crippen molar-refractivity contribution < 1.29 is 19.5 Å². The summed E-state index contributed by atoms with van der Waals surface area (Å²) in [6, 6.07) is 23.2. The molecule has 4 heteroatoms. The second-order valence-corrected chi connectivity index (χ2v) is 10.8. The molecule has 0 aliphatic rings. The van der Waals surface area contributed by atoms with Crippen molar-refractivity contribution >= 4 is 32.7 Å². The lowest BCUT2D eigenvalue weighted by molar-refractivity contribution is 0.669. The lowest BCUT2D eigenvalue weighted by Gasteiger charge is -2.12. The third-order valence-electron chi connectivity index (χ3n) is 7.84. The van der Waals surface area contributed by atoms with Gasteiger partial charge in [-0.1, -0.05) is 133 Å². The number of furan rings is 1. The number of nitrogens with zero attached hydrogens (tertiary/aromatic N) is 3. The Hall–Kier alpha value is -6.39. The summed E-state index contributed by atoms with van der Waals surface area (Å²) in [4.78, 5) is 14.5. The molecule has 0 spiro atoms. The van der Waals surface area contributed by atoms with Gasteiger partial charge >= 0.3 is 0 Å². The number of benzene rings is 7. The van der Waals surface area contributed by atoms with Gasteiger partial charge in [-0.25, -0.2) is 15.0 Å². The first-order valence-electron chi connectivity index (χ1n) is 20.3. The van der Waals surface area contributed by atoms with Crippen LogP contribution in [0.3, 0.4) is 0 Å². The van der Waals surface area contributed by atoms with Gasteiger partial charge in [0, 0.05) is 27.5 Å². The molecule has 220 valence electrons. The molecule has 0 bridgehead atoms. The van der Waals surface area contributed by atoms with E-state index in [1.807, 2.05) is 84.9 Å². The van der Waals surface area contributed by atoms with Crippen molar-refractivity contribution in [2.45, 2.75) is 0 Å². The Balaban J connectivity index is 1.36. The molecule has 9 aromatic rings. The molecule has 0 saturated carbocycles. The lowest BCUT2D eigenvalue weighted by Crippen LogP contribution is -2.00. The Morgan fingerprint density at radius 2 is 1.06 bits per heavy atom. The molecule has 2 aromatic heterocycles. The van der Waals surface area contributed by atoms with Gasteiger partial charge in [0.2, 0.25) is 0 Å². The largest absolute Gasteiger partial charge is 0.456 e. The van der Waals surface area contributed by atoms with Gasteiger partial charge in [-0.05, 0) is 63.3 Å². The fraction of sp³-hybridized carbons (Fsp3) is 0. The molecule has 0 unspecified atom stereocenters. The van der Waals surface area contributed by atoms with Crippen molar-refractivity contribution in [1.82, 2.24) is 15.0 Å². The molecular weight excluding hydrogens is 574 g/mol. The normalized spacial score (nSPS) is 14.7. The molecule has 0 N–H and O–H groups in total. The Bertz CT molecular complexity index is 3160. The fourth-order valence-corrected chi connectivity index (χ4v) is 5.64. The van der Waals surface area contributed by atoms with Gasteiger partial charge < -0.3 is 4.42 Å². The standard InChI is InChI=1S/C43H27N3O/c1-4-12-28(13-5-1)31-20-21-33-25-34(23-22-32(33)24-31)42-44-41(30-16-8-3-9-17-30)45-43(46-42)37-26-35(29-14-6-2-7-15-29)27-39-40(37)36-18-10-11-19-38(36)47-39/h1-27H/i1D,4D,5D,12D,13D,20D,21D,22D,23D,24D,25D. The summed E-state index contributed by atoms with van der Waals surface area (Å²) in [6.45, 7) is 0. The van der Waals surface area contributed by atoms with Crippen LogP contribution in [0, 0.1) is 0 Å². The molecule has 0 fully saturated rings. The average Bonchev–Trinajstić information content (AvgIpc) is 3.63. The lowest BCUT2D eigenvalue weighted by atomic mass is 9.98. The Morgan fingerprint density at radius 3 is 1.83 bits per heavy atom. The number of aromatic nitrogens is 3. The third kappa shape index (κ3) is 4.93. The van der Waals surface area contributed by atoms with E-state index in [1.54, 1.807) is 12.1 Å². The highest BCUT2D eigenvalue weighted by Gasteiger charge is 2.19.